The molecule has 0 spiro atoms. The number of rotatable bonds is 6. The van der Waals surface area contributed by atoms with Gasteiger partial charge in [0.2, 0.25) is 5.91 Å². The lowest BCUT2D eigenvalue weighted by atomic mass is 10.4. The Morgan fingerprint density at radius 3 is 2.79 bits per heavy atom. The third kappa shape index (κ3) is 6.28. The molecule has 0 aliphatic heterocycles. The maximum Gasteiger partial charge on any atom is 0.321 e. The summed E-state index contributed by atoms with van der Waals surface area (Å²) in [6.07, 6.45) is 0. The summed E-state index contributed by atoms with van der Waals surface area (Å²) in [5.74, 6) is -1.10. The second kappa shape index (κ2) is 7.17. The minimum absolute atomic E-state index is 0.0373. The predicted octanol–water partition coefficient (Wildman–Crippen LogP) is -1.23. The summed E-state index contributed by atoms with van der Waals surface area (Å²) in [4.78, 5) is 21.1. The van der Waals surface area contributed by atoms with Crippen LogP contribution in [0, 0.1) is 11.3 Å². The van der Waals surface area contributed by atoms with Crippen LogP contribution in [-0.2, 0) is 9.59 Å². The molecule has 14 heavy (non-hydrogen) atoms. The minimum atomic E-state index is -1.09. The number of carboxylic acids is 1. The molecule has 0 aromatic rings. The van der Waals surface area contributed by atoms with Gasteiger partial charge in [0.1, 0.15) is 12.6 Å². The summed E-state index contributed by atoms with van der Waals surface area (Å²) >= 11 is 1.12. The van der Waals surface area contributed by atoms with Crippen molar-refractivity contribution in [3.63, 3.8) is 0 Å². The fraction of sp³-hybridized carbons (Fsp3) is 0.571. The lowest BCUT2D eigenvalue weighted by Gasteiger charge is -2.05. The summed E-state index contributed by atoms with van der Waals surface area (Å²) in [5.41, 5.74) is 5.20. The quantitative estimate of drug-likeness (QED) is 0.480. The second-order valence-corrected chi connectivity index (χ2v) is 3.42. The standard InChI is InChI=1S/C7H11N3O3S/c8-1-2-10-6(11)4-14-3-5(9)7(12)13/h5H,2-4,9H2,(H,10,11)(H,12,13)/t5-/m1/s1. The molecular formula is C7H11N3O3S. The Balaban J connectivity index is 3.50. The number of thioether (sulfide) groups is 1. The SMILES string of the molecule is N#CCNC(=O)CSC[C@@H](N)C(=O)O. The van der Waals surface area contributed by atoms with Gasteiger partial charge in [0, 0.05) is 5.75 Å². The Kier molecular flexibility index (Phi) is 6.53. The normalized spacial score (nSPS) is 11.4. The van der Waals surface area contributed by atoms with Crippen LogP contribution in [0.4, 0.5) is 0 Å². The number of nitrogens with zero attached hydrogens (tertiary/aromatic N) is 1. The smallest absolute Gasteiger partial charge is 0.321 e. The summed E-state index contributed by atoms with van der Waals surface area (Å²) in [6.45, 7) is -0.0373. The molecule has 0 rings (SSSR count). The van der Waals surface area contributed by atoms with Crippen LogP contribution < -0.4 is 11.1 Å². The molecule has 0 bridgehead atoms. The van der Waals surface area contributed by atoms with Gasteiger partial charge in [-0.3, -0.25) is 9.59 Å². The molecule has 0 aliphatic carbocycles. The van der Waals surface area contributed by atoms with Gasteiger partial charge in [0.15, 0.2) is 0 Å². The third-order valence-electron chi connectivity index (χ3n) is 1.21. The molecule has 0 fully saturated rings. The van der Waals surface area contributed by atoms with Crippen LogP contribution in [0.15, 0.2) is 0 Å². The van der Waals surface area contributed by atoms with E-state index in [0.717, 1.165) is 11.8 Å². The number of nitrogens with one attached hydrogen (secondary N) is 1. The van der Waals surface area contributed by atoms with E-state index in [0.29, 0.717) is 0 Å². The molecule has 7 heteroatoms. The van der Waals surface area contributed by atoms with E-state index < -0.39 is 12.0 Å². The monoisotopic (exact) mass is 217 g/mol. The number of aliphatic carboxylic acids is 1. The van der Waals surface area contributed by atoms with Crippen molar-refractivity contribution in [2.45, 2.75) is 6.04 Å². The highest BCUT2D eigenvalue weighted by atomic mass is 32.2. The minimum Gasteiger partial charge on any atom is -0.480 e. The van der Waals surface area contributed by atoms with Gasteiger partial charge >= 0.3 is 5.97 Å². The Hall–Kier alpha value is -1.26. The van der Waals surface area contributed by atoms with E-state index in [4.69, 9.17) is 16.1 Å². The van der Waals surface area contributed by atoms with Gasteiger partial charge in [0.25, 0.3) is 0 Å². The molecule has 0 unspecified atom stereocenters. The average Bonchev–Trinajstić information content (AvgIpc) is 2.14. The van der Waals surface area contributed by atoms with Crippen molar-refractivity contribution in [1.29, 1.82) is 5.26 Å². The highest BCUT2D eigenvalue weighted by Gasteiger charge is 2.11. The van der Waals surface area contributed by atoms with E-state index in [9.17, 15) is 9.59 Å². The van der Waals surface area contributed by atoms with Crippen molar-refractivity contribution in [2.75, 3.05) is 18.1 Å². The van der Waals surface area contributed by atoms with Gasteiger partial charge in [-0.15, -0.1) is 11.8 Å². The van der Waals surface area contributed by atoms with Crippen molar-refractivity contribution >= 4 is 23.6 Å². The van der Waals surface area contributed by atoms with E-state index in [1.54, 1.807) is 6.07 Å². The number of amides is 1. The lowest BCUT2D eigenvalue weighted by molar-refractivity contribution is -0.137. The summed E-state index contributed by atoms with van der Waals surface area (Å²) < 4.78 is 0. The molecule has 0 radical (unpaired) electrons. The Morgan fingerprint density at radius 1 is 1.64 bits per heavy atom. The first-order valence-corrected chi connectivity index (χ1v) is 4.93. The first kappa shape index (κ1) is 12.7. The number of hydrogen-bond donors (Lipinski definition) is 3. The number of carboxylic acid groups (broad SMARTS) is 1. The summed E-state index contributed by atoms with van der Waals surface area (Å²) in [6, 6.07) is 0.801. The molecule has 0 saturated carbocycles. The fourth-order valence-corrected chi connectivity index (χ4v) is 1.34. The molecule has 0 aromatic heterocycles. The van der Waals surface area contributed by atoms with Crippen LogP contribution in [0.5, 0.6) is 0 Å². The maximum absolute atomic E-state index is 10.9. The number of hydrogen-bond acceptors (Lipinski definition) is 5. The molecule has 0 heterocycles. The fourth-order valence-electron chi connectivity index (χ4n) is 0.539. The van der Waals surface area contributed by atoms with Crippen molar-refractivity contribution in [3.05, 3.63) is 0 Å². The number of nitrogens with two attached hydrogens (primary N) is 1. The van der Waals surface area contributed by atoms with E-state index in [1.165, 1.54) is 0 Å². The first-order chi connectivity index (χ1) is 6.57. The van der Waals surface area contributed by atoms with Crippen molar-refractivity contribution in [2.24, 2.45) is 5.73 Å². The number of carbonyl (C=O) groups excluding carboxylic acids is 1. The predicted molar refractivity (Wildman–Crippen MR) is 51.6 cm³/mol. The second-order valence-electron chi connectivity index (χ2n) is 2.39. The van der Waals surface area contributed by atoms with E-state index >= 15 is 0 Å². The Labute approximate surface area is 85.5 Å². The van der Waals surface area contributed by atoms with E-state index in [2.05, 4.69) is 5.32 Å². The van der Waals surface area contributed by atoms with Gasteiger partial charge < -0.3 is 16.2 Å². The van der Waals surface area contributed by atoms with Crippen molar-refractivity contribution < 1.29 is 14.7 Å². The van der Waals surface area contributed by atoms with Crippen LogP contribution in [0.2, 0.25) is 0 Å². The van der Waals surface area contributed by atoms with Crippen LogP contribution in [-0.4, -0.2) is 41.1 Å². The third-order valence-corrected chi connectivity index (χ3v) is 2.27. The van der Waals surface area contributed by atoms with Crippen LogP contribution in [0.3, 0.4) is 0 Å². The lowest BCUT2D eigenvalue weighted by Crippen LogP contribution is -2.33. The highest BCUT2D eigenvalue weighted by Crippen LogP contribution is 2.00. The zero-order valence-electron chi connectivity index (χ0n) is 7.40. The zero-order chi connectivity index (χ0) is 11.0. The number of nitriles is 1. The van der Waals surface area contributed by atoms with Gasteiger partial charge in [-0.25, -0.2) is 0 Å². The summed E-state index contributed by atoms with van der Waals surface area (Å²) in [5, 5.41) is 18.9. The average molecular weight is 217 g/mol. The Bertz CT molecular complexity index is 251. The van der Waals surface area contributed by atoms with Crippen molar-refractivity contribution in [1.82, 2.24) is 5.32 Å². The van der Waals surface area contributed by atoms with Crippen molar-refractivity contribution in [3.8, 4) is 6.07 Å². The molecule has 4 N–H and O–H groups in total. The van der Waals surface area contributed by atoms with Crippen LogP contribution in [0.1, 0.15) is 0 Å². The zero-order valence-corrected chi connectivity index (χ0v) is 8.21. The van der Waals surface area contributed by atoms with E-state index in [1.807, 2.05) is 0 Å². The van der Waals surface area contributed by atoms with Gasteiger partial charge in [-0.05, 0) is 0 Å². The Morgan fingerprint density at radius 2 is 2.29 bits per heavy atom. The molecule has 78 valence electrons. The van der Waals surface area contributed by atoms with E-state index in [-0.39, 0.29) is 24.0 Å². The van der Waals surface area contributed by atoms with Gasteiger partial charge in [0.05, 0.1) is 11.8 Å². The van der Waals surface area contributed by atoms with Crippen LogP contribution >= 0.6 is 11.8 Å². The molecular weight excluding hydrogens is 206 g/mol. The maximum atomic E-state index is 10.9. The first-order valence-electron chi connectivity index (χ1n) is 3.77. The summed E-state index contributed by atoms with van der Waals surface area (Å²) in [7, 11) is 0. The van der Waals surface area contributed by atoms with Crippen LogP contribution in [0.25, 0.3) is 0 Å². The largest absolute Gasteiger partial charge is 0.480 e. The van der Waals surface area contributed by atoms with Gasteiger partial charge in [-0.2, -0.15) is 5.26 Å². The molecule has 1 atom stereocenters. The molecule has 0 aliphatic rings. The molecule has 0 saturated heterocycles. The topological polar surface area (TPSA) is 116 Å². The molecule has 1 amide bonds. The molecule has 6 nitrogen and oxygen atoms in total. The molecule has 0 aromatic carbocycles. The van der Waals surface area contributed by atoms with Gasteiger partial charge in [-0.1, -0.05) is 0 Å². The highest BCUT2D eigenvalue weighted by molar-refractivity contribution is 8.00. The number of carbonyl (C=O) groups is 2.